The number of hydrogen-bond acceptors (Lipinski definition) is 4. The third-order valence-corrected chi connectivity index (χ3v) is 3.07. The lowest BCUT2D eigenvalue weighted by Crippen LogP contribution is -1.87. The lowest BCUT2D eigenvalue weighted by Gasteiger charge is -2.03. The van der Waals surface area contributed by atoms with E-state index in [1.165, 1.54) is 6.40 Å². The molecule has 2 aromatic carbocycles. The first kappa shape index (κ1) is 16.4. The van der Waals surface area contributed by atoms with Crippen molar-refractivity contribution in [3.63, 3.8) is 0 Å². The fourth-order valence-electron chi connectivity index (χ4n) is 1.84. The van der Waals surface area contributed by atoms with E-state index in [1.54, 1.807) is 14.2 Å². The average molecular weight is 309 g/mol. The molecular weight excluding hydrogens is 290 g/mol. The molecule has 4 nitrogen and oxygen atoms in total. The van der Waals surface area contributed by atoms with Crippen molar-refractivity contribution >= 4 is 12.1 Å². The van der Waals surface area contributed by atoms with Crippen molar-refractivity contribution in [1.29, 1.82) is 0 Å². The molecule has 0 saturated heterocycles. The molecule has 0 aromatic heterocycles. The van der Waals surface area contributed by atoms with E-state index in [2.05, 4.69) is 16.8 Å². The zero-order chi connectivity index (χ0) is 16.5. The fourth-order valence-corrected chi connectivity index (χ4v) is 1.84. The van der Waals surface area contributed by atoms with E-state index in [0.29, 0.717) is 6.61 Å². The molecule has 0 aliphatic heterocycles. The lowest BCUT2D eigenvalue weighted by molar-refractivity contribution is 0.344. The van der Waals surface area contributed by atoms with Crippen molar-refractivity contribution in [2.75, 3.05) is 20.8 Å². The molecule has 0 aliphatic carbocycles. The van der Waals surface area contributed by atoms with Gasteiger partial charge in [-0.2, -0.15) is 0 Å². The highest BCUT2D eigenvalue weighted by atomic mass is 16.5. The van der Waals surface area contributed by atoms with Gasteiger partial charge in [0.15, 0.2) is 6.40 Å². The second-order valence-electron chi connectivity index (χ2n) is 4.55. The van der Waals surface area contributed by atoms with Crippen LogP contribution in [0, 0.1) is 11.8 Å². The Hall–Kier alpha value is -2.93. The van der Waals surface area contributed by atoms with Crippen LogP contribution in [0.2, 0.25) is 0 Å². The molecule has 0 amide bonds. The monoisotopic (exact) mass is 309 g/mol. The Morgan fingerprint density at radius 1 is 0.957 bits per heavy atom. The summed E-state index contributed by atoms with van der Waals surface area (Å²) in [6, 6.07) is 13.1. The molecule has 0 spiro atoms. The first-order valence-electron chi connectivity index (χ1n) is 7.25. The molecule has 0 bridgehead atoms. The third-order valence-electron chi connectivity index (χ3n) is 3.07. The maximum absolute atomic E-state index is 5.25. The molecule has 4 heteroatoms. The van der Waals surface area contributed by atoms with Crippen molar-refractivity contribution in [1.82, 2.24) is 0 Å². The number of methoxy groups -OCH3 is 2. The molecule has 0 fully saturated rings. The minimum Gasteiger partial charge on any atom is -0.497 e. The van der Waals surface area contributed by atoms with Gasteiger partial charge in [-0.25, -0.2) is 4.99 Å². The molecule has 0 saturated carbocycles. The predicted molar refractivity (Wildman–Crippen MR) is 91.7 cm³/mol. The van der Waals surface area contributed by atoms with E-state index in [9.17, 15) is 0 Å². The summed E-state index contributed by atoms with van der Waals surface area (Å²) < 4.78 is 15.5. The van der Waals surface area contributed by atoms with Crippen molar-refractivity contribution in [3.8, 4) is 23.3 Å². The summed E-state index contributed by atoms with van der Waals surface area (Å²) >= 11 is 0. The van der Waals surface area contributed by atoms with Gasteiger partial charge in [0.05, 0.1) is 32.1 Å². The van der Waals surface area contributed by atoms with E-state index >= 15 is 0 Å². The maximum atomic E-state index is 5.25. The van der Waals surface area contributed by atoms with Crippen LogP contribution in [-0.4, -0.2) is 27.2 Å². The zero-order valence-corrected chi connectivity index (χ0v) is 13.5. The van der Waals surface area contributed by atoms with Crippen molar-refractivity contribution in [2.45, 2.75) is 6.92 Å². The van der Waals surface area contributed by atoms with Gasteiger partial charge in [-0.05, 0) is 49.4 Å². The van der Waals surface area contributed by atoms with E-state index in [0.717, 1.165) is 28.3 Å². The first-order valence-corrected chi connectivity index (χ1v) is 7.25. The Morgan fingerprint density at radius 2 is 1.65 bits per heavy atom. The standard InChI is InChI=1S/C19H19NO3/c1-4-23-14-20-19-12-11-18(22-3)13-16(19)8-5-15-6-9-17(21-2)10-7-15/h6-7,9-14H,4H2,1-3H3. The van der Waals surface area contributed by atoms with Gasteiger partial charge in [-0.3, -0.25) is 0 Å². The summed E-state index contributed by atoms with van der Waals surface area (Å²) in [4.78, 5) is 4.29. The van der Waals surface area contributed by atoms with Gasteiger partial charge in [0.2, 0.25) is 0 Å². The van der Waals surface area contributed by atoms with Gasteiger partial charge in [0.25, 0.3) is 0 Å². The summed E-state index contributed by atoms with van der Waals surface area (Å²) in [7, 11) is 3.26. The summed E-state index contributed by atoms with van der Waals surface area (Å²) in [5.74, 6) is 7.79. The molecule has 2 aromatic rings. The summed E-state index contributed by atoms with van der Waals surface area (Å²) in [5, 5.41) is 0. The van der Waals surface area contributed by atoms with Crippen LogP contribution in [-0.2, 0) is 4.74 Å². The Balaban J connectivity index is 2.30. The maximum Gasteiger partial charge on any atom is 0.174 e. The Bertz CT molecular complexity index is 725. The number of nitrogens with zero attached hydrogens (tertiary/aromatic N) is 1. The lowest BCUT2D eigenvalue weighted by atomic mass is 10.1. The normalized spacial score (nSPS) is 10.0. The highest BCUT2D eigenvalue weighted by molar-refractivity contribution is 5.65. The molecule has 0 aliphatic rings. The van der Waals surface area contributed by atoms with E-state index in [1.807, 2.05) is 49.4 Å². The van der Waals surface area contributed by atoms with Gasteiger partial charge in [0, 0.05) is 5.56 Å². The molecular formula is C19H19NO3. The van der Waals surface area contributed by atoms with Crippen molar-refractivity contribution in [2.24, 2.45) is 4.99 Å². The van der Waals surface area contributed by atoms with Gasteiger partial charge in [-0.1, -0.05) is 11.8 Å². The van der Waals surface area contributed by atoms with Gasteiger partial charge in [0.1, 0.15) is 11.5 Å². The van der Waals surface area contributed by atoms with Crippen LogP contribution < -0.4 is 9.47 Å². The van der Waals surface area contributed by atoms with Gasteiger partial charge in [-0.15, -0.1) is 0 Å². The number of aliphatic imine (C=N–C) groups is 1. The first-order chi connectivity index (χ1) is 11.3. The van der Waals surface area contributed by atoms with Crippen LogP contribution in [0.1, 0.15) is 18.1 Å². The van der Waals surface area contributed by atoms with E-state index in [4.69, 9.17) is 14.2 Å². The van der Waals surface area contributed by atoms with Crippen LogP contribution in [0.3, 0.4) is 0 Å². The number of rotatable bonds is 5. The van der Waals surface area contributed by atoms with Crippen LogP contribution in [0.5, 0.6) is 11.5 Å². The smallest absolute Gasteiger partial charge is 0.174 e. The fraction of sp³-hybridized carbons (Fsp3) is 0.211. The Morgan fingerprint density at radius 3 is 2.30 bits per heavy atom. The molecule has 23 heavy (non-hydrogen) atoms. The summed E-state index contributed by atoms with van der Waals surface area (Å²) in [6.45, 7) is 2.48. The second-order valence-corrected chi connectivity index (χ2v) is 4.55. The second kappa shape index (κ2) is 8.50. The van der Waals surface area contributed by atoms with Gasteiger partial charge >= 0.3 is 0 Å². The molecule has 0 atom stereocenters. The predicted octanol–water partition coefficient (Wildman–Crippen LogP) is 3.80. The Kier molecular flexibility index (Phi) is 6.07. The van der Waals surface area contributed by atoms with Crippen molar-refractivity contribution < 1.29 is 14.2 Å². The van der Waals surface area contributed by atoms with Crippen LogP contribution in [0.4, 0.5) is 5.69 Å². The third kappa shape index (κ3) is 4.79. The molecule has 0 heterocycles. The number of benzene rings is 2. The highest BCUT2D eigenvalue weighted by Gasteiger charge is 2.01. The molecule has 2 rings (SSSR count). The van der Waals surface area contributed by atoms with Crippen LogP contribution in [0.25, 0.3) is 0 Å². The minimum absolute atomic E-state index is 0.576. The largest absolute Gasteiger partial charge is 0.497 e. The zero-order valence-electron chi connectivity index (χ0n) is 13.5. The number of hydrogen-bond donors (Lipinski definition) is 0. The summed E-state index contributed by atoms with van der Waals surface area (Å²) in [5.41, 5.74) is 2.41. The molecule has 0 unspecified atom stereocenters. The highest BCUT2D eigenvalue weighted by Crippen LogP contribution is 2.23. The minimum atomic E-state index is 0.576. The topological polar surface area (TPSA) is 40.0 Å². The SMILES string of the molecule is CCOC=Nc1ccc(OC)cc1C#Cc1ccc(OC)cc1. The van der Waals surface area contributed by atoms with Crippen LogP contribution in [0.15, 0.2) is 47.5 Å². The quantitative estimate of drug-likeness (QED) is 0.479. The van der Waals surface area contributed by atoms with E-state index in [-0.39, 0.29) is 0 Å². The molecule has 118 valence electrons. The Labute approximate surface area is 136 Å². The summed E-state index contributed by atoms with van der Waals surface area (Å²) in [6.07, 6.45) is 1.43. The number of ether oxygens (including phenoxy) is 3. The molecule has 0 radical (unpaired) electrons. The van der Waals surface area contributed by atoms with Crippen LogP contribution >= 0.6 is 0 Å². The van der Waals surface area contributed by atoms with Gasteiger partial charge < -0.3 is 14.2 Å². The molecule has 0 N–H and O–H groups in total. The average Bonchev–Trinajstić information content (AvgIpc) is 2.61. The van der Waals surface area contributed by atoms with Crippen molar-refractivity contribution in [3.05, 3.63) is 53.6 Å². The van der Waals surface area contributed by atoms with E-state index < -0.39 is 0 Å².